The van der Waals surface area contributed by atoms with E-state index in [2.05, 4.69) is 19.6 Å². The van der Waals surface area contributed by atoms with Crippen LogP contribution < -0.4 is 0 Å². The van der Waals surface area contributed by atoms with Crippen LogP contribution >= 0.6 is 0 Å². The van der Waals surface area contributed by atoms with E-state index in [-0.39, 0.29) is 17.7 Å². The molecule has 18 heavy (non-hydrogen) atoms. The van der Waals surface area contributed by atoms with Crippen molar-refractivity contribution in [2.45, 2.75) is 77.8 Å². The number of hydrogen-bond acceptors (Lipinski definition) is 3. The predicted octanol–water partition coefficient (Wildman–Crippen LogP) is 3.74. The molecule has 106 valence electrons. The molecule has 0 radical (unpaired) electrons. The van der Waals surface area contributed by atoms with Gasteiger partial charge in [0.15, 0.2) is 8.32 Å². The van der Waals surface area contributed by atoms with Crippen molar-refractivity contribution in [1.29, 1.82) is 0 Å². The largest absolute Gasteiger partial charge is 0.460 e. The van der Waals surface area contributed by atoms with Crippen LogP contribution in [0, 0.1) is 5.92 Å². The zero-order valence-electron chi connectivity index (χ0n) is 12.7. The molecule has 0 saturated heterocycles. The average molecular weight is 272 g/mol. The third-order valence-corrected chi connectivity index (χ3v) is 3.95. The molecule has 0 unspecified atom stereocenters. The molecular formula is C14H28O3Si. The van der Waals surface area contributed by atoms with Gasteiger partial charge in [0.2, 0.25) is 0 Å². The number of carbonyl (C=O) groups is 1. The Morgan fingerprint density at radius 1 is 1.22 bits per heavy atom. The summed E-state index contributed by atoms with van der Waals surface area (Å²) in [5, 5.41) is 0. The maximum Gasteiger partial charge on any atom is 0.306 e. The summed E-state index contributed by atoms with van der Waals surface area (Å²) >= 11 is 0. The molecule has 1 aliphatic carbocycles. The highest BCUT2D eigenvalue weighted by Gasteiger charge is 2.34. The zero-order valence-corrected chi connectivity index (χ0v) is 13.7. The molecule has 0 aromatic heterocycles. The summed E-state index contributed by atoms with van der Waals surface area (Å²) in [6.45, 7) is 12.3. The van der Waals surface area contributed by atoms with Crippen molar-refractivity contribution >= 4 is 14.3 Å². The quantitative estimate of drug-likeness (QED) is 0.578. The molecule has 1 aliphatic rings. The van der Waals surface area contributed by atoms with Gasteiger partial charge in [0.1, 0.15) is 5.60 Å². The minimum atomic E-state index is -1.51. The van der Waals surface area contributed by atoms with Crippen molar-refractivity contribution in [1.82, 2.24) is 0 Å². The van der Waals surface area contributed by atoms with Crippen molar-refractivity contribution in [3.05, 3.63) is 0 Å². The second kappa shape index (κ2) is 5.74. The molecule has 0 aliphatic heterocycles. The fourth-order valence-corrected chi connectivity index (χ4v) is 3.66. The Balaban J connectivity index is 2.48. The smallest absolute Gasteiger partial charge is 0.306 e. The van der Waals surface area contributed by atoms with Crippen molar-refractivity contribution in [2.75, 3.05) is 0 Å². The summed E-state index contributed by atoms with van der Waals surface area (Å²) < 4.78 is 11.6. The van der Waals surface area contributed by atoms with Gasteiger partial charge in [-0.25, -0.2) is 0 Å². The normalized spacial score (nSPS) is 25.2. The Kier molecular flexibility index (Phi) is 5.01. The van der Waals surface area contributed by atoms with Crippen molar-refractivity contribution in [3.8, 4) is 0 Å². The maximum absolute atomic E-state index is 11.9. The molecule has 1 fully saturated rings. The van der Waals surface area contributed by atoms with Gasteiger partial charge in [-0.15, -0.1) is 0 Å². The van der Waals surface area contributed by atoms with E-state index >= 15 is 0 Å². The number of hydrogen-bond donors (Lipinski definition) is 0. The molecule has 3 nitrogen and oxygen atoms in total. The van der Waals surface area contributed by atoms with E-state index in [0.29, 0.717) is 12.3 Å². The van der Waals surface area contributed by atoms with E-state index < -0.39 is 8.32 Å². The van der Waals surface area contributed by atoms with Crippen molar-refractivity contribution < 1.29 is 14.0 Å². The summed E-state index contributed by atoms with van der Waals surface area (Å²) in [4.78, 5) is 11.9. The van der Waals surface area contributed by atoms with Crippen LogP contribution in [0.3, 0.4) is 0 Å². The van der Waals surface area contributed by atoms with Crippen molar-refractivity contribution in [2.24, 2.45) is 5.92 Å². The van der Waals surface area contributed by atoms with E-state index in [1.807, 2.05) is 20.8 Å². The summed E-state index contributed by atoms with van der Waals surface area (Å²) in [7, 11) is -1.51. The first-order valence-corrected chi connectivity index (χ1v) is 10.4. The average Bonchev–Trinajstić information content (AvgIpc) is 2.45. The topological polar surface area (TPSA) is 35.5 Å². The molecule has 0 heterocycles. The molecule has 0 spiro atoms. The van der Waals surface area contributed by atoms with E-state index in [4.69, 9.17) is 9.16 Å². The first-order chi connectivity index (χ1) is 8.07. The molecule has 2 atom stereocenters. The Morgan fingerprint density at radius 2 is 1.83 bits per heavy atom. The van der Waals surface area contributed by atoms with Crippen molar-refractivity contribution in [3.63, 3.8) is 0 Å². The SMILES string of the molecule is CC(C)(C)OC(=O)C[C@H]1CCC[C@@H]1O[Si](C)(C)C. The van der Waals surface area contributed by atoms with Crippen LogP contribution in [0.5, 0.6) is 0 Å². The fourth-order valence-electron chi connectivity index (χ4n) is 2.44. The minimum Gasteiger partial charge on any atom is -0.460 e. The van der Waals surface area contributed by atoms with Crippen LogP contribution in [0.1, 0.15) is 46.5 Å². The van der Waals surface area contributed by atoms with Gasteiger partial charge in [0.25, 0.3) is 0 Å². The van der Waals surface area contributed by atoms with Gasteiger partial charge < -0.3 is 9.16 Å². The standard InChI is InChI=1S/C14H28O3Si/c1-14(2,3)16-13(15)10-11-8-7-9-12(11)17-18(4,5)6/h11-12H,7-10H2,1-6H3/t11-,12+/m1/s1. The third-order valence-electron chi connectivity index (χ3n) is 2.94. The van der Waals surface area contributed by atoms with E-state index in [1.165, 1.54) is 6.42 Å². The van der Waals surface area contributed by atoms with Gasteiger partial charge in [-0.3, -0.25) is 4.79 Å². The molecule has 1 rings (SSSR count). The van der Waals surface area contributed by atoms with Gasteiger partial charge in [-0.2, -0.15) is 0 Å². The highest BCUT2D eigenvalue weighted by atomic mass is 28.4. The second-order valence-electron chi connectivity index (χ2n) is 7.25. The van der Waals surface area contributed by atoms with Gasteiger partial charge in [-0.1, -0.05) is 6.42 Å². The Morgan fingerprint density at radius 3 is 2.33 bits per heavy atom. The highest BCUT2D eigenvalue weighted by molar-refractivity contribution is 6.69. The van der Waals surface area contributed by atoms with Crippen LogP contribution in [0.15, 0.2) is 0 Å². The molecule has 1 saturated carbocycles. The maximum atomic E-state index is 11.9. The number of rotatable bonds is 4. The van der Waals surface area contributed by atoms with Crippen LogP contribution in [0.25, 0.3) is 0 Å². The lowest BCUT2D eigenvalue weighted by atomic mass is 10.0. The summed E-state index contributed by atoms with van der Waals surface area (Å²) in [5.41, 5.74) is -0.384. The zero-order chi connectivity index (χ0) is 14.0. The fraction of sp³-hybridized carbons (Fsp3) is 0.929. The number of esters is 1. The lowest BCUT2D eigenvalue weighted by Gasteiger charge is -2.28. The molecule has 0 bridgehead atoms. The van der Waals surface area contributed by atoms with E-state index in [0.717, 1.165) is 12.8 Å². The Hall–Kier alpha value is -0.353. The van der Waals surface area contributed by atoms with Crippen LogP contribution in [0.2, 0.25) is 19.6 Å². The van der Waals surface area contributed by atoms with Gasteiger partial charge in [0.05, 0.1) is 6.42 Å². The molecule has 0 N–H and O–H groups in total. The van der Waals surface area contributed by atoms with Gasteiger partial charge >= 0.3 is 5.97 Å². The second-order valence-corrected chi connectivity index (χ2v) is 11.7. The molecule has 4 heteroatoms. The van der Waals surface area contributed by atoms with Gasteiger partial charge in [-0.05, 0) is 59.2 Å². The first-order valence-electron chi connectivity index (χ1n) is 6.96. The monoisotopic (exact) mass is 272 g/mol. The molecule has 0 aromatic carbocycles. The predicted molar refractivity (Wildman–Crippen MR) is 76.0 cm³/mol. The molecule has 0 aromatic rings. The lowest BCUT2D eigenvalue weighted by Crippen LogP contribution is -2.35. The van der Waals surface area contributed by atoms with Crippen LogP contribution in [0.4, 0.5) is 0 Å². The summed E-state index contributed by atoms with van der Waals surface area (Å²) in [5.74, 6) is 0.269. The van der Waals surface area contributed by atoms with Crippen LogP contribution in [-0.4, -0.2) is 26.0 Å². The van der Waals surface area contributed by atoms with Crippen LogP contribution in [-0.2, 0) is 14.0 Å². The summed E-state index contributed by atoms with van der Waals surface area (Å²) in [6, 6.07) is 0. The lowest BCUT2D eigenvalue weighted by molar-refractivity contribution is -0.156. The minimum absolute atomic E-state index is 0.0847. The molecule has 0 amide bonds. The molecular weight excluding hydrogens is 244 g/mol. The van der Waals surface area contributed by atoms with E-state index in [1.54, 1.807) is 0 Å². The number of carbonyl (C=O) groups excluding carboxylic acids is 1. The van der Waals surface area contributed by atoms with E-state index in [9.17, 15) is 4.79 Å². The summed E-state index contributed by atoms with van der Waals surface area (Å²) in [6.07, 6.45) is 4.13. The number of ether oxygens (including phenoxy) is 1. The first kappa shape index (κ1) is 15.7. The Labute approximate surface area is 112 Å². The highest BCUT2D eigenvalue weighted by Crippen LogP contribution is 2.33. The third kappa shape index (κ3) is 6.00. The Bertz CT molecular complexity index is 288. The van der Waals surface area contributed by atoms with Gasteiger partial charge in [0, 0.05) is 6.10 Å².